The maximum atomic E-state index is 14.3. The number of carboxylic acids is 1. The zero-order valence-corrected chi connectivity index (χ0v) is 39.8. The number of aliphatic hydroxyl groups is 2. The number of likely N-dealkylation sites (tertiary alicyclic amines) is 1. The molecule has 0 unspecified atom stereocenters. The summed E-state index contributed by atoms with van der Waals surface area (Å²) in [4.78, 5) is 110. The van der Waals surface area contributed by atoms with Crippen LogP contribution in [0.3, 0.4) is 0 Å². The highest BCUT2D eigenvalue weighted by atomic mass is 16.4. The Kier molecular flexibility index (Phi) is 24.2. The van der Waals surface area contributed by atoms with E-state index in [4.69, 9.17) is 16.9 Å². The molecule has 0 aromatic heterocycles. The first-order valence-electron chi connectivity index (χ1n) is 23.1. The number of guanidine groups is 1. The van der Waals surface area contributed by atoms with Gasteiger partial charge in [-0.15, -0.1) is 0 Å². The Morgan fingerprint density at radius 3 is 1.81 bits per heavy atom. The molecule has 0 spiro atoms. The molecule has 1 aliphatic rings. The largest absolute Gasteiger partial charge is 0.480 e. The van der Waals surface area contributed by atoms with E-state index in [9.17, 15) is 53.7 Å². The number of carbonyl (C=O) groups excluding carboxylic acids is 7. The molecule has 7 amide bonds. The van der Waals surface area contributed by atoms with Crippen molar-refractivity contribution < 1.29 is 53.7 Å². The molecule has 376 valence electrons. The number of nitrogens with two attached hydrogens (primary N) is 2. The van der Waals surface area contributed by atoms with E-state index in [2.05, 4.69) is 37.2 Å². The van der Waals surface area contributed by atoms with E-state index in [-0.39, 0.29) is 50.7 Å². The van der Waals surface area contributed by atoms with Crippen LogP contribution in [0.15, 0.2) is 30.3 Å². The highest BCUT2D eigenvalue weighted by Crippen LogP contribution is 2.21. The maximum Gasteiger partial charge on any atom is 0.328 e. The standard InChI is InChI=1S/C45H75N11O11/c1-8-25(5)35(41(63)52-31(22-28-15-11-10-12-16-28)38(60)50-29(17-13-19-49-45(47)48)37(59)53-32(23-57)44(66)67)54-39(61)30(21-24(3)4)51-42(64)36(26(6)9-2)55-40(62)33-18-14-20-56(33)43(65)34(46)27(7)58/h10-12,15-16,24-27,29-36,57-58H,8-9,13-14,17-23,46H2,1-7H3,(H,50,60)(H,51,64)(H,52,63)(H,53,59)(H,54,61)(H,55,62)(H,66,67)(H4,47,48,49)/t25-,26-,27+,29-,30-,31-,32-,33-,34-,35-,36-/m0/s1. The third kappa shape index (κ3) is 18.4. The molecule has 0 saturated carbocycles. The van der Waals surface area contributed by atoms with Gasteiger partial charge in [-0.05, 0) is 62.3 Å². The van der Waals surface area contributed by atoms with Crippen molar-refractivity contribution in [3.63, 3.8) is 0 Å². The van der Waals surface area contributed by atoms with E-state index in [0.717, 1.165) is 0 Å². The van der Waals surface area contributed by atoms with Gasteiger partial charge in [0, 0.05) is 19.5 Å². The van der Waals surface area contributed by atoms with Gasteiger partial charge in [-0.2, -0.15) is 0 Å². The molecule has 15 N–H and O–H groups in total. The van der Waals surface area contributed by atoms with Crippen molar-refractivity contribution in [1.29, 1.82) is 5.41 Å². The number of carboxylic acid groups (broad SMARTS) is 1. The molecule has 1 heterocycles. The Balaban J connectivity index is 2.42. The van der Waals surface area contributed by atoms with Crippen molar-refractivity contribution in [1.82, 2.24) is 42.1 Å². The molecule has 1 aromatic carbocycles. The second-order valence-corrected chi connectivity index (χ2v) is 17.8. The molecule has 0 radical (unpaired) electrons. The molecule has 0 aliphatic carbocycles. The van der Waals surface area contributed by atoms with E-state index < -0.39 is 120 Å². The van der Waals surface area contributed by atoms with Crippen LogP contribution in [0.25, 0.3) is 0 Å². The second-order valence-electron chi connectivity index (χ2n) is 17.8. The molecule has 22 heteroatoms. The minimum absolute atomic E-state index is 0.0604. The van der Waals surface area contributed by atoms with Gasteiger partial charge >= 0.3 is 5.97 Å². The number of nitrogens with one attached hydrogen (secondary N) is 8. The van der Waals surface area contributed by atoms with Gasteiger partial charge in [0.25, 0.3) is 0 Å². The highest BCUT2D eigenvalue weighted by molar-refractivity contribution is 5.98. The molecule has 1 aliphatic heterocycles. The van der Waals surface area contributed by atoms with E-state index in [0.29, 0.717) is 31.2 Å². The van der Waals surface area contributed by atoms with Crippen LogP contribution in [0.2, 0.25) is 0 Å². The predicted octanol–water partition coefficient (Wildman–Crippen LogP) is -1.68. The summed E-state index contributed by atoms with van der Waals surface area (Å²) in [5, 5.41) is 54.8. The van der Waals surface area contributed by atoms with Crippen molar-refractivity contribution in [2.24, 2.45) is 29.2 Å². The van der Waals surface area contributed by atoms with Crippen molar-refractivity contribution in [2.45, 2.75) is 154 Å². The molecular formula is C45H75N11O11. The lowest BCUT2D eigenvalue weighted by Gasteiger charge is -2.32. The van der Waals surface area contributed by atoms with Crippen LogP contribution < -0.4 is 48.7 Å². The number of aliphatic carboxylic acids is 1. The number of nitrogens with zero attached hydrogens (tertiary/aromatic N) is 1. The van der Waals surface area contributed by atoms with Crippen LogP contribution >= 0.6 is 0 Å². The van der Waals surface area contributed by atoms with E-state index in [1.807, 2.05) is 20.8 Å². The lowest BCUT2D eigenvalue weighted by Crippen LogP contribution is -2.62. The Bertz CT molecular complexity index is 1840. The lowest BCUT2D eigenvalue weighted by atomic mass is 9.94. The van der Waals surface area contributed by atoms with Gasteiger partial charge in [0.2, 0.25) is 41.4 Å². The smallest absolute Gasteiger partial charge is 0.328 e. The third-order valence-electron chi connectivity index (χ3n) is 11.9. The summed E-state index contributed by atoms with van der Waals surface area (Å²) >= 11 is 0. The average Bonchev–Trinajstić information content (AvgIpc) is 3.78. The monoisotopic (exact) mass is 946 g/mol. The number of hydrogen-bond donors (Lipinski definition) is 13. The van der Waals surface area contributed by atoms with Gasteiger partial charge in [-0.1, -0.05) is 84.7 Å². The molecule has 2 rings (SSSR count). The SMILES string of the molecule is CC[C@H](C)[C@H](NC(=O)[C@H](CC(C)C)NC(=O)[C@@H](NC(=O)[C@@H]1CCCN1C(=O)[C@@H](N)[C@@H](C)O)[C@@H](C)CC)C(=O)N[C@@H](Cc1ccccc1)C(=O)N[C@@H](CCCNC(=N)N)C(=O)N[C@@H](CO)C(=O)O. The number of carbonyl (C=O) groups is 8. The summed E-state index contributed by atoms with van der Waals surface area (Å²) in [6, 6.07) is -1.40. The zero-order chi connectivity index (χ0) is 50.5. The molecule has 1 aromatic rings. The van der Waals surface area contributed by atoms with E-state index >= 15 is 0 Å². The van der Waals surface area contributed by atoms with Crippen LogP contribution in [0.4, 0.5) is 0 Å². The minimum Gasteiger partial charge on any atom is -0.480 e. The van der Waals surface area contributed by atoms with Crippen LogP contribution in [0.1, 0.15) is 99.0 Å². The predicted molar refractivity (Wildman–Crippen MR) is 248 cm³/mol. The Hall–Kier alpha value is -5.87. The fourth-order valence-electron chi connectivity index (χ4n) is 7.42. The molecule has 67 heavy (non-hydrogen) atoms. The quantitative estimate of drug-likeness (QED) is 0.0254. The second kappa shape index (κ2) is 28.3. The molecule has 0 bridgehead atoms. The number of benzene rings is 1. The van der Waals surface area contributed by atoms with Crippen LogP contribution in [0.5, 0.6) is 0 Å². The van der Waals surface area contributed by atoms with Crippen molar-refractivity contribution in [3.8, 4) is 0 Å². The fourth-order valence-corrected chi connectivity index (χ4v) is 7.42. The first kappa shape index (κ1) is 57.3. The first-order chi connectivity index (χ1) is 31.6. The summed E-state index contributed by atoms with van der Waals surface area (Å²) in [5.41, 5.74) is 11.9. The number of rotatable bonds is 28. The van der Waals surface area contributed by atoms with E-state index in [1.54, 1.807) is 51.1 Å². The van der Waals surface area contributed by atoms with Gasteiger partial charge in [0.05, 0.1) is 12.7 Å². The van der Waals surface area contributed by atoms with Crippen molar-refractivity contribution in [3.05, 3.63) is 35.9 Å². The van der Waals surface area contributed by atoms with Crippen molar-refractivity contribution >= 4 is 53.3 Å². The number of aliphatic hydroxyl groups excluding tert-OH is 2. The van der Waals surface area contributed by atoms with Crippen molar-refractivity contribution in [2.75, 3.05) is 19.7 Å². The fraction of sp³-hybridized carbons (Fsp3) is 0.667. The van der Waals surface area contributed by atoms with Gasteiger partial charge in [-0.25, -0.2) is 4.79 Å². The molecular weight excluding hydrogens is 871 g/mol. The van der Waals surface area contributed by atoms with E-state index in [1.165, 1.54) is 11.8 Å². The van der Waals surface area contributed by atoms with Gasteiger partial charge < -0.3 is 68.9 Å². The van der Waals surface area contributed by atoms with Crippen LogP contribution in [-0.4, -0.2) is 148 Å². The van der Waals surface area contributed by atoms with Crippen LogP contribution in [0, 0.1) is 23.2 Å². The first-order valence-corrected chi connectivity index (χ1v) is 23.1. The average molecular weight is 946 g/mol. The highest BCUT2D eigenvalue weighted by Gasteiger charge is 2.40. The number of amides is 7. The Morgan fingerprint density at radius 2 is 1.28 bits per heavy atom. The lowest BCUT2D eigenvalue weighted by molar-refractivity contribution is -0.143. The molecule has 22 nitrogen and oxygen atoms in total. The Morgan fingerprint density at radius 1 is 0.761 bits per heavy atom. The molecule has 1 fully saturated rings. The Labute approximate surface area is 392 Å². The zero-order valence-electron chi connectivity index (χ0n) is 39.8. The summed E-state index contributed by atoms with van der Waals surface area (Å²) in [5.74, 6) is -7.92. The minimum atomic E-state index is -1.67. The summed E-state index contributed by atoms with van der Waals surface area (Å²) in [7, 11) is 0. The van der Waals surface area contributed by atoms with Gasteiger partial charge in [-0.3, -0.25) is 39.0 Å². The third-order valence-corrected chi connectivity index (χ3v) is 11.9. The summed E-state index contributed by atoms with van der Waals surface area (Å²) in [6.07, 6.45) is 0.732. The topological polar surface area (TPSA) is 361 Å². The maximum absolute atomic E-state index is 14.3. The van der Waals surface area contributed by atoms with Gasteiger partial charge in [0.1, 0.15) is 48.3 Å². The molecule has 1 saturated heterocycles. The van der Waals surface area contributed by atoms with Crippen LogP contribution in [-0.2, 0) is 44.8 Å². The summed E-state index contributed by atoms with van der Waals surface area (Å²) in [6.45, 7) is 11.6. The number of hydrogen-bond acceptors (Lipinski definition) is 12. The molecule has 11 atom stereocenters. The summed E-state index contributed by atoms with van der Waals surface area (Å²) < 4.78 is 0. The van der Waals surface area contributed by atoms with Gasteiger partial charge in [0.15, 0.2) is 5.96 Å². The normalized spacial score (nSPS) is 18.0.